The molecule has 2 aliphatic heterocycles. The van der Waals surface area contributed by atoms with Crippen molar-refractivity contribution in [2.24, 2.45) is 0 Å². The molecule has 2 amide bonds. The molecule has 2 fully saturated rings. The molecule has 1 aromatic rings. The lowest BCUT2D eigenvalue weighted by atomic mass is 10.0. The van der Waals surface area contributed by atoms with Crippen molar-refractivity contribution in [3.63, 3.8) is 0 Å². The second-order valence-electron chi connectivity index (χ2n) is 6.74. The number of ether oxygens (including phenoxy) is 2. The molecule has 25 heavy (non-hydrogen) atoms. The van der Waals surface area contributed by atoms with Crippen LogP contribution in [0.3, 0.4) is 0 Å². The zero-order valence-corrected chi connectivity index (χ0v) is 15.0. The molecule has 0 aromatic heterocycles. The monoisotopic (exact) mass is 346 g/mol. The summed E-state index contributed by atoms with van der Waals surface area (Å²) in [5.74, 6) is -0.447. The van der Waals surface area contributed by atoms with Gasteiger partial charge in [0.1, 0.15) is 0 Å². The summed E-state index contributed by atoms with van der Waals surface area (Å²) in [4.78, 5) is 28.0. The van der Waals surface area contributed by atoms with Crippen molar-refractivity contribution in [2.45, 2.75) is 38.9 Å². The van der Waals surface area contributed by atoms with Gasteiger partial charge in [0.2, 0.25) is 11.8 Å². The number of carbonyl (C=O) groups is 2. The van der Waals surface area contributed by atoms with Gasteiger partial charge in [-0.05, 0) is 19.1 Å². The number of hydrogen-bond donors (Lipinski definition) is 0. The van der Waals surface area contributed by atoms with Gasteiger partial charge in [0.05, 0.1) is 13.2 Å². The normalized spacial score (nSPS) is 19.2. The summed E-state index contributed by atoms with van der Waals surface area (Å²) < 4.78 is 11.4. The third kappa shape index (κ3) is 4.19. The van der Waals surface area contributed by atoms with Gasteiger partial charge < -0.3 is 19.3 Å². The Morgan fingerprint density at radius 3 is 2.28 bits per heavy atom. The van der Waals surface area contributed by atoms with Crippen LogP contribution >= 0.6 is 0 Å². The Morgan fingerprint density at radius 1 is 1.12 bits per heavy atom. The van der Waals surface area contributed by atoms with E-state index in [4.69, 9.17) is 9.47 Å². The summed E-state index contributed by atoms with van der Waals surface area (Å²) in [6.45, 7) is 6.49. The van der Waals surface area contributed by atoms with E-state index in [2.05, 4.69) is 0 Å². The van der Waals surface area contributed by atoms with Crippen LogP contribution in [0, 0.1) is 6.92 Å². The minimum absolute atomic E-state index is 0.0537. The number of anilines is 1. The number of nitrogens with zero attached hydrogens (tertiary/aromatic N) is 2. The predicted molar refractivity (Wildman–Crippen MR) is 94.3 cm³/mol. The van der Waals surface area contributed by atoms with Crippen molar-refractivity contribution in [1.82, 2.24) is 4.90 Å². The van der Waals surface area contributed by atoms with Gasteiger partial charge in [-0.3, -0.25) is 9.59 Å². The quantitative estimate of drug-likeness (QED) is 0.838. The van der Waals surface area contributed by atoms with Crippen LogP contribution in [-0.2, 0) is 19.1 Å². The van der Waals surface area contributed by atoms with Crippen molar-refractivity contribution in [3.8, 4) is 0 Å². The Morgan fingerprint density at radius 2 is 1.72 bits per heavy atom. The van der Waals surface area contributed by atoms with Gasteiger partial charge in [0.15, 0.2) is 5.79 Å². The van der Waals surface area contributed by atoms with Crippen LogP contribution in [-0.4, -0.2) is 55.3 Å². The average Bonchev–Trinajstić information content (AvgIpc) is 3.05. The molecular weight excluding hydrogens is 320 g/mol. The van der Waals surface area contributed by atoms with E-state index >= 15 is 0 Å². The fourth-order valence-corrected chi connectivity index (χ4v) is 3.44. The van der Waals surface area contributed by atoms with Crippen molar-refractivity contribution >= 4 is 17.5 Å². The van der Waals surface area contributed by atoms with E-state index < -0.39 is 5.79 Å². The van der Waals surface area contributed by atoms with Gasteiger partial charge in [-0.15, -0.1) is 0 Å². The van der Waals surface area contributed by atoms with E-state index in [1.54, 1.807) is 4.90 Å². The van der Waals surface area contributed by atoms with Crippen LogP contribution in [0.25, 0.3) is 0 Å². The standard InChI is InChI=1S/C19H26N2O4/c1-15-3-5-17(6-4-15)21(16(2)22)10-7-18(23)20-11-8-19(9-12-20)24-13-14-25-19/h3-6H,7-14H2,1-2H3. The van der Waals surface area contributed by atoms with Gasteiger partial charge in [-0.25, -0.2) is 0 Å². The number of aryl methyl sites for hydroxylation is 1. The Labute approximate surface area is 148 Å². The van der Waals surface area contributed by atoms with Crippen molar-refractivity contribution in [2.75, 3.05) is 37.7 Å². The molecule has 6 heteroatoms. The van der Waals surface area contributed by atoms with E-state index in [-0.39, 0.29) is 11.8 Å². The maximum absolute atomic E-state index is 12.5. The molecular formula is C19H26N2O4. The molecule has 2 saturated heterocycles. The van der Waals surface area contributed by atoms with E-state index in [0.29, 0.717) is 52.1 Å². The van der Waals surface area contributed by atoms with Crippen molar-refractivity contribution < 1.29 is 19.1 Å². The number of likely N-dealkylation sites (tertiary alicyclic amines) is 1. The van der Waals surface area contributed by atoms with E-state index in [1.807, 2.05) is 36.1 Å². The first-order valence-electron chi connectivity index (χ1n) is 8.90. The van der Waals surface area contributed by atoms with Crippen LogP contribution < -0.4 is 4.90 Å². The molecule has 1 aromatic carbocycles. The van der Waals surface area contributed by atoms with Gasteiger partial charge in [0, 0.05) is 51.5 Å². The van der Waals surface area contributed by atoms with Crippen LogP contribution in [0.15, 0.2) is 24.3 Å². The molecule has 0 saturated carbocycles. The second kappa shape index (κ2) is 7.54. The summed E-state index contributed by atoms with van der Waals surface area (Å²) in [6, 6.07) is 7.78. The molecule has 2 aliphatic rings. The summed E-state index contributed by atoms with van der Waals surface area (Å²) >= 11 is 0. The maximum Gasteiger partial charge on any atom is 0.224 e. The molecule has 0 N–H and O–H groups in total. The van der Waals surface area contributed by atoms with Crippen LogP contribution in [0.1, 0.15) is 31.7 Å². The third-order valence-electron chi connectivity index (χ3n) is 4.97. The maximum atomic E-state index is 12.5. The highest BCUT2D eigenvalue weighted by molar-refractivity contribution is 5.92. The lowest BCUT2D eigenvalue weighted by Gasteiger charge is -2.37. The number of hydrogen-bond acceptors (Lipinski definition) is 4. The highest BCUT2D eigenvalue weighted by atomic mass is 16.7. The second-order valence-corrected chi connectivity index (χ2v) is 6.74. The number of benzene rings is 1. The molecule has 0 unspecified atom stereocenters. The lowest BCUT2D eigenvalue weighted by Crippen LogP contribution is -2.48. The smallest absolute Gasteiger partial charge is 0.224 e. The third-order valence-corrected chi connectivity index (χ3v) is 4.97. The van der Waals surface area contributed by atoms with E-state index in [9.17, 15) is 9.59 Å². The highest BCUT2D eigenvalue weighted by Gasteiger charge is 2.40. The van der Waals surface area contributed by atoms with Gasteiger partial charge in [-0.2, -0.15) is 0 Å². The van der Waals surface area contributed by atoms with Crippen LogP contribution in [0.2, 0.25) is 0 Å². The zero-order valence-electron chi connectivity index (χ0n) is 15.0. The van der Waals surface area contributed by atoms with Gasteiger partial charge in [0.25, 0.3) is 0 Å². The number of rotatable bonds is 4. The Hall–Kier alpha value is -1.92. The lowest BCUT2D eigenvalue weighted by molar-refractivity contribution is -0.187. The number of carbonyl (C=O) groups excluding carboxylic acids is 2. The Bertz CT molecular complexity index is 613. The zero-order chi connectivity index (χ0) is 17.9. The average molecular weight is 346 g/mol. The summed E-state index contributed by atoms with van der Waals surface area (Å²) in [7, 11) is 0. The van der Waals surface area contributed by atoms with Gasteiger partial charge in [-0.1, -0.05) is 17.7 Å². The Kier molecular flexibility index (Phi) is 5.39. The number of piperidine rings is 1. The molecule has 3 rings (SSSR count). The minimum Gasteiger partial charge on any atom is -0.347 e. The van der Waals surface area contributed by atoms with Crippen molar-refractivity contribution in [3.05, 3.63) is 29.8 Å². The van der Waals surface area contributed by atoms with Gasteiger partial charge >= 0.3 is 0 Å². The fraction of sp³-hybridized carbons (Fsp3) is 0.579. The fourth-order valence-electron chi connectivity index (χ4n) is 3.44. The SMILES string of the molecule is CC(=O)N(CCC(=O)N1CCC2(CC1)OCCO2)c1ccc(C)cc1. The Balaban J connectivity index is 1.53. The first-order valence-corrected chi connectivity index (χ1v) is 8.90. The first kappa shape index (κ1) is 17.9. The number of amides is 2. The molecule has 136 valence electrons. The molecule has 0 aliphatic carbocycles. The molecule has 2 heterocycles. The molecule has 6 nitrogen and oxygen atoms in total. The van der Waals surface area contributed by atoms with E-state index in [0.717, 1.165) is 11.3 Å². The summed E-state index contributed by atoms with van der Waals surface area (Å²) in [5.41, 5.74) is 1.97. The van der Waals surface area contributed by atoms with E-state index in [1.165, 1.54) is 6.92 Å². The summed E-state index contributed by atoms with van der Waals surface area (Å²) in [5, 5.41) is 0. The topological polar surface area (TPSA) is 59.1 Å². The molecule has 0 radical (unpaired) electrons. The highest BCUT2D eigenvalue weighted by Crippen LogP contribution is 2.31. The molecule has 0 bridgehead atoms. The summed E-state index contributed by atoms with van der Waals surface area (Å²) in [6.07, 6.45) is 1.75. The minimum atomic E-state index is -0.468. The first-order chi connectivity index (χ1) is 12.0. The predicted octanol–water partition coefficient (Wildman–Crippen LogP) is 2.10. The largest absolute Gasteiger partial charge is 0.347 e. The van der Waals surface area contributed by atoms with Crippen LogP contribution in [0.4, 0.5) is 5.69 Å². The van der Waals surface area contributed by atoms with Crippen LogP contribution in [0.5, 0.6) is 0 Å². The molecule has 1 spiro atoms. The molecule has 0 atom stereocenters. The van der Waals surface area contributed by atoms with Crippen molar-refractivity contribution in [1.29, 1.82) is 0 Å².